The SMILES string of the molecule is COC(=O)CCCCCCC1=C(C=Cc2ccccc2)C(OC(=O)CCl)CC1=O. The van der Waals surface area contributed by atoms with E-state index in [4.69, 9.17) is 16.3 Å². The minimum Gasteiger partial charge on any atom is -0.469 e. The molecule has 1 atom stereocenters. The van der Waals surface area contributed by atoms with Crippen LogP contribution in [0.4, 0.5) is 0 Å². The number of allylic oxidation sites excluding steroid dienone is 1. The van der Waals surface area contributed by atoms with E-state index in [1.54, 1.807) is 0 Å². The standard InChI is InChI=1S/C23H27ClO5/c1-28-22(26)12-8-3-2-7-11-18-19(14-13-17-9-5-4-6-10-17)21(15-20(18)25)29-23(27)16-24/h4-6,9-10,13-14,21H,2-3,7-8,11-12,15-16H2,1H3. The van der Waals surface area contributed by atoms with E-state index in [1.807, 2.05) is 42.5 Å². The lowest BCUT2D eigenvalue weighted by Gasteiger charge is -2.13. The maximum absolute atomic E-state index is 12.5. The molecule has 1 aromatic carbocycles. The summed E-state index contributed by atoms with van der Waals surface area (Å²) in [4.78, 5) is 35.4. The van der Waals surface area contributed by atoms with Gasteiger partial charge in [-0.3, -0.25) is 14.4 Å². The van der Waals surface area contributed by atoms with Crippen molar-refractivity contribution in [1.29, 1.82) is 0 Å². The molecule has 0 aromatic heterocycles. The van der Waals surface area contributed by atoms with E-state index in [1.165, 1.54) is 7.11 Å². The molecule has 1 unspecified atom stereocenters. The average Bonchev–Trinajstić information content (AvgIpc) is 3.03. The van der Waals surface area contributed by atoms with Crippen molar-refractivity contribution in [2.75, 3.05) is 13.0 Å². The molecule has 5 nitrogen and oxygen atoms in total. The summed E-state index contributed by atoms with van der Waals surface area (Å²) in [7, 11) is 1.39. The second kappa shape index (κ2) is 12.2. The molecule has 1 aromatic rings. The molecule has 0 bridgehead atoms. The molecule has 0 saturated heterocycles. The number of esters is 2. The highest BCUT2D eigenvalue weighted by atomic mass is 35.5. The highest BCUT2D eigenvalue weighted by molar-refractivity contribution is 6.26. The number of Topliss-reactive ketones (excluding diaryl/α,β-unsaturated/α-hetero) is 1. The Hall–Kier alpha value is -2.40. The molecule has 6 heteroatoms. The number of carbonyl (C=O) groups excluding carboxylic acids is 3. The van der Waals surface area contributed by atoms with Crippen LogP contribution in [0.1, 0.15) is 50.5 Å². The summed E-state index contributed by atoms with van der Waals surface area (Å²) in [6.07, 6.45) is 7.84. The molecule has 1 aliphatic carbocycles. The van der Waals surface area contributed by atoms with Gasteiger partial charge in [-0.25, -0.2) is 0 Å². The van der Waals surface area contributed by atoms with E-state index in [2.05, 4.69) is 4.74 Å². The maximum Gasteiger partial charge on any atom is 0.321 e. The van der Waals surface area contributed by atoms with Gasteiger partial charge in [0, 0.05) is 12.0 Å². The molecule has 29 heavy (non-hydrogen) atoms. The Morgan fingerprint density at radius 1 is 1.07 bits per heavy atom. The first-order chi connectivity index (χ1) is 14.0. The fourth-order valence-electron chi connectivity index (χ4n) is 3.32. The predicted molar refractivity (Wildman–Crippen MR) is 112 cm³/mol. The van der Waals surface area contributed by atoms with Gasteiger partial charge < -0.3 is 9.47 Å². The molecule has 0 amide bonds. The van der Waals surface area contributed by atoms with Gasteiger partial charge in [-0.05, 0) is 30.4 Å². The van der Waals surface area contributed by atoms with Crippen LogP contribution in [-0.4, -0.2) is 36.8 Å². The number of ketones is 1. The molecule has 0 fully saturated rings. The van der Waals surface area contributed by atoms with E-state index in [0.29, 0.717) is 12.8 Å². The van der Waals surface area contributed by atoms with Crippen LogP contribution in [0, 0.1) is 0 Å². The first-order valence-corrected chi connectivity index (χ1v) is 10.4. The van der Waals surface area contributed by atoms with Crippen LogP contribution in [0.5, 0.6) is 0 Å². The lowest BCUT2D eigenvalue weighted by Crippen LogP contribution is -2.18. The largest absolute Gasteiger partial charge is 0.469 e. The number of rotatable bonds is 11. The smallest absolute Gasteiger partial charge is 0.321 e. The van der Waals surface area contributed by atoms with Gasteiger partial charge in [-0.15, -0.1) is 11.6 Å². The Bertz CT molecular complexity index is 767. The van der Waals surface area contributed by atoms with Crippen molar-refractivity contribution in [3.63, 3.8) is 0 Å². The third-order valence-electron chi connectivity index (χ3n) is 4.83. The predicted octanol–water partition coefficient (Wildman–Crippen LogP) is 4.63. The Balaban J connectivity index is 2.04. The van der Waals surface area contributed by atoms with E-state index in [-0.39, 0.29) is 24.1 Å². The number of hydrogen-bond acceptors (Lipinski definition) is 5. The number of halogens is 1. The second-order valence-electron chi connectivity index (χ2n) is 6.91. The van der Waals surface area contributed by atoms with Crippen LogP contribution in [0.3, 0.4) is 0 Å². The maximum atomic E-state index is 12.5. The van der Waals surface area contributed by atoms with E-state index >= 15 is 0 Å². The van der Waals surface area contributed by atoms with Crippen molar-refractivity contribution in [3.8, 4) is 0 Å². The number of alkyl halides is 1. The third-order valence-corrected chi connectivity index (χ3v) is 5.04. The quantitative estimate of drug-likeness (QED) is 0.297. The molecule has 0 spiro atoms. The van der Waals surface area contributed by atoms with Crippen LogP contribution >= 0.6 is 11.6 Å². The van der Waals surface area contributed by atoms with Gasteiger partial charge in [0.05, 0.1) is 13.5 Å². The van der Waals surface area contributed by atoms with Crippen molar-refractivity contribution >= 4 is 35.4 Å². The Kier molecular flexibility index (Phi) is 9.65. The summed E-state index contributed by atoms with van der Waals surface area (Å²) in [5.41, 5.74) is 2.48. The van der Waals surface area contributed by atoms with Gasteiger partial charge in [-0.1, -0.05) is 55.3 Å². The van der Waals surface area contributed by atoms with Gasteiger partial charge >= 0.3 is 11.9 Å². The highest BCUT2D eigenvalue weighted by Gasteiger charge is 2.32. The minimum absolute atomic E-state index is 0.0136. The second-order valence-corrected chi connectivity index (χ2v) is 7.17. The van der Waals surface area contributed by atoms with Crippen molar-refractivity contribution in [2.45, 2.75) is 51.0 Å². The summed E-state index contributed by atoms with van der Waals surface area (Å²) in [6.45, 7) is 0. The fourth-order valence-corrected chi connectivity index (χ4v) is 3.38. The molecular weight excluding hydrogens is 392 g/mol. The Morgan fingerprint density at radius 2 is 1.79 bits per heavy atom. The summed E-state index contributed by atoms with van der Waals surface area (Å²) < 4.78 is 10.0. The molecule has 2 rings (SSSR count). The molecular formula is C23H27ClO5. The summed E-state index contributed by atoms with van der Waals surface area (Å²) in [5, 5.41) is 0. The highest BCUT2D eigenvalue weighted by Crippen LogP contribution is 2.31. The number of unbranched alkanes of at least 4 members (excludes halogenated alkanes) is 3. The van der Waals surface area contributed by atoms with Crippen LogP contribution in [0.15, 0.2) is 47.6 Å². The van der Waals surface area contributed by atoms with E-state index in [0.717, 1.165) is 42.4 Å². The number of ether oxygens (including phenoxy) is 2. The van der Waals surface area contributed by atoms with Crippen LogP contribution < -0.4 is 0 Å². The van der Waals surface area contributed by atoms with Crippen LogP contribution in [0.25, 0.3) is 6.08 Å². The van der Waals surface area contributed by atoms with Gasteiger partial charge in [0.25, 0.3) is 0 Å². The van der Waals surface area contributed by atoms with Crippen molar-refractivity contribution < 1.29 is 23.9 Å². The van der Waals surface area contributed by atoms with Crippen LogP contribution in [-0.2, 0) is 23.9 Å². The van der Waals surface area contributed by atoms with Gasteiger partial charge in [0.15, 0.2) is 5.78 Å². The first kappa shape index (κ1) is 22.9. The van der Waals surface area contributed by atoms with E-state index < -0.39 is 12.1 Å². The molecule has 0 aliphatic heterocycles. The zero-order valence-corrected chi connectivity index (χ0v) is 17.5. The number of benzene rings is 1. The van der Waals surface area contributed by atoms with E-state index in [9.17, 15) is 14.4 Å². The van der Waals surface area contributed by atoms with Gasteiger partial charge in [0.2, 0.25) is 0 Å². The third kappa shape index (κ3) is 7.50. The zero-order valence-electron chi connectivity index (χ0n) is 16.7. The fraction of sp³-hybridized carbons (Fsp3) is 0.435. The monoisotopic (exact) mass is 418 g/mol. The van der Waals surface area contributed by atoms with Crippen molar-refractivity contribution in [2.24, 2.45) is 0 Å². The molecule has 0 heterocycles. The number of hydrogen-bond donors (Lipinski definition) is 0. The molecule has 0 N–H and O–H groups in total. The van der Waals surface area contributed by atoms with Gasteiger partial charge in [-0.2, -0.15) is 0 Å². The van der Waals surface area contributed by atoms with Crippen molar-refractivity contribution in [1.82, 2.24) is 0 Å². The first-order valence-electron chi connectivity index (χ1n) is 9.86. The van der Waals surface area contributed by atoms with Gasteiger partial charge in [0.1, 0.15) is 12.0 Å². The lowest BCUT2D eigenvalue weighted by atomic mass is 10.0. The summed E-state index contributed by atoms with van der Waals surface area (Å²) in [5.74, 6) is -0.953. The Morgan fingerprint density at radius 3 is 2.48 bits per heavy atom. The summed E-state index contributed by atoms with van der Waals surface area (Å²) >= 11 is 5.56. The average molecular weight is 419 g/mol. The molecule has 1 aliphatic rings. The minimum atomic E-state index is -0.581. The summed E-state index contributed by atoms with van der Waals surface area (Å²) in [6, 6.07) is 9.75. The lowest BCUT2D eigenvalue weighted by molar-refractivity contribution is -0.144. The van der Waals surface area contributed by atoms with Crippen molar-refractivity contribution in [3.05, 3.63) is 53.1 Å². The molecule has 0 saturated carbocycles. The Labute approximate surface area is 176 Å². The topological polar surface area (TPSA) is 69.7 Å². The number of carbonyl (C=O) groups is 3. The molecule has 0 radical (unpaired) electrons. The normalized spacial score (nSPS) is 16.5. The van der Waals surface area contributed by atoms with Crippen LogP contribution in [0.2, 0.25) is 0 Å². The number of methoxy groups -OCH3 is 1. The molecule has 156 valence electrons. The zero-order chi connectivity index (χ0) is 21.1.